The fourth-order valence-electron chi connectivity index (χ4n) is 0.879. The smallest absolute Gasteiger partial charge is 0.134 e. The van der Waals surface area contributed by atoms with Gasteiger partial charge in [-0.3, -0.25) is 4.79 Å². The van der Waals surface area contributed by atoms with Gasteiger partial charge in [0.15, 0.2) is 0 Å². The Morgan fingerprint density at radius 2 is 2.00 bits per heavy atom. The van der Waals surface area contributed by atoms with Crippen molar-refractivity contribution < 1.29 is 4.79 Å². The molecular formula is C9H19NO. The van der Waals surface area contributed by atoms with Gasteiger partial charge in [0.1, 0.15) is 5.78 Å². The molecule has 0 rings (SSSR count). The Kier molecular flexibility index (Phi) is 5.12. The minimum Gasteiger partial charge on any atom is -0.327 e. The molecule has 0 aromatic carbocycles. The third kappa shape index (κ3) is 4.96. The minimum atomic E-state index is 0.0500. The first-order chi connectivity index (χ1) is 5.07. The molecule has 0 aliphatic rings. The van der Waals surface area contributed by atoms with Crippen LogP contribution in [0, 0.1) is 5.92 Å². The molecule has 0 bridgehead atoms. The molecule has 0 aliphatic carbocycles. The zero-order valence-electron chi connectivity index (χ0n) is 7.76. The van der Waals surface area contributed by atoms with Gasteiger partial charge in [-0.05, 0) is 12.3 Å². The van der Waals surface area contributed by atoms with Gasteiger partial charge in [0.25, 0.3) is 0 Å². The molecule has 0 radical (unpaired) electrons. The molecule has 2 N–H and O–H groups in total. The summed E-state index contributed by atoms with van der Waals surface area (Å²) in [5.74, 6) is 0.713. The van der Waals surface area contributed by atoms with Gasteiger partial charge < -0.3 is 5.73 Å². The van der Waals surface area contributed by atoms with Crippen LogP contribution < -0.4 is 5.73 Å². The molecule has 0 heterocycles. The Hall–Kier alpha value is -0.370. The van der Waals surface area contributed by atoms with E-state index in [1.807, 2.05) is 20.8 Å². The van der Waals surface area contributed by atoms with Crippen molar-refractivity contribution in [3.8, 4) is 0 Å². The molecule has 1 atom stereocenters. The normalized spacial score (nSPS) is 13.5. The molecule has 11 heavy (non-hydrogen) atoms. The third-order valence-electron chi connectivity index (χ3n) is 1.85. The van der Waals surface area contributed by atoms with E-state index in [2.05, 4.69) is 0 Å². The second-order valence-electron chi connectivity index (χ2n) is 3.40. The Morgan fingerprint density at radius 1 is 1.45 bits per heavy atom. The second kappa shape index (κ2) is 5.30. The lowest BCUT2D eigenvalue weighted by Crippen LogP contribution is -2.29. The average molecular weight is 157 g/mol. The second-order valence-corrected chi connectivity index (χ2v) is 3.40. The van der Waals surface area contributed by atoms with E-state index in [-0.39, 0.29) is 6.04 Å². The first kappa shape index (κ1) is 10.6. The van der Waals surface area contributed by atoms with E-state index >= 15 is 0 Å². The van der Waals surface area contributed by atoms with Crippen molar-refractivity contribution in [1.82, 2.24) is 0 Å². The van der Waals surface area contributed by atoms with Crippen molar-refractivity contribution in [2.24, 2.45) is 11.7 Å². The van der Waals surface area contributed by atoms with E-state index in [1.165, 1.54) is 0 Å². The first-order valence-electron chi connectivity index (χ1n) is 4.35. The van der Waals surface area contributed by atoms with Crippen LogP contribution in [-0.2, 0) is 4.79 Å². The molecular weight excluding hydrogens is 138 g/mol. The van der Waals surface area contributed by atoms with E-state index in [1.54, 1.807) is 0 Å². The molecule has 1 unspecified atom stereocenters. The standard InChI is InChI=1S/C9H19NO/c1-4-5-8(11)6-9(10)7(2)3/h7,9H,4-6,10H2,1-3H3. The summed E-state index contributed by atoms with van der Waals surface area (Å²) in [6.07, 6.45) is 2.16. The van der Waals surface area contributed by atoms with Crippen molar-refractivity contribution in [2.45, 2.75) is 46.1 Å². The lowest BCUT2D eigenvalue weighted by Gasteiger charge is -2.13. The zero-order chi connectivity index (χ0) is 8.85. The van der Waals surface area contributed by atoms with Crippen LogP contribution in [0.4, 0.5) is 0 Å². The van der Waals surface area contributed by atoms with E-state index in [0.29, 0.717) is 24.5 Å². The third-order valence-corrected chi connectivity index (χ3v) is 1.85. The molecule has 2 nitrogen and oxygen atoms in total. The van der Waals surface area contributed by atoms with Crippen molar-refractivity contribution in [2.75, 3.05) is 0 Å². The van der Waals surface area contributed by atoms with Crippen LogP contribution >= 0.6 is 0 Å². The van der Waals surface area contributed by atoms with Crippen molar-refractivity contribution in [3.05, 3.63) is 0 Å². The highest BCUT2D eigenvalue weighted by Gasteiger charge is 2.11. The van der Waals surface area contributed by atoms with E-state index in [9.17, 15) is 4.79 Å². The molecule has 66 valence electrons. The van der Waals surface area contributed by atoms with Crippen LogP contribution in [-0.4, -0.2) is 11.8 Å². The highest BCUT2D eigenvalue weighted by atomic mass is 16.1. The monoisotopic (exact) mass is 157 g/mol. The number of nitrogens with two attached hydrogens (primary N) is 1. The quantitative estimate of drug-likeness (QED) is 0.660. The maximum absolute atomic E-state index is 11.1. The summed E-state index contributed by atoms with van der Waals surface area (Å²) in [4.78, 5) is 11.1. The van der Waals surface area contributed by atoms with E-state index in [0.717, 1.165) is 6.42 Å². The van der Waals surface area contributed by atoms with Gasteiger partial charge in [-0.2, -0.15) is 0 Å². The highest BCUT2D eigenvalue weighted by molar-refractivity contribution is 5.78. The molecule has 0 saturated carbocycles. The minimum absolute atomic E-state index is 0.0500. The topological polar surface area (TPSA) is 43.1 Å². The van der Waals surface area contributed by atoms with Gasteiger partial charge >= 0.3 is 0 Å². The van der Waals surface area contributed by atoms with Crippen LogP contribution in [0.15, 0.2) is 0 Å². The number of ketones is 1. The molecule has 0 spiro atoms. The summed E-state index contributed by atoms with van der Waals surface area (Å²) in [6.45, 7) is 6.10. The molecule has 0 aliphatic heterocycles. The van der Waals surface area contributed by atoms with Gasteiger partial charge in [0.2, 0.25) is 0 Å². The SMILES string of the molecule is CCCC(=O)CC(N)C(C)C. The van der Waals surface area contributed by atoms with E-state index < -0.39 is 0 Å². The molecule has 0 aromatic heterocycles. The Labute approximate surface area is 69.2 Å². The number of carbonyl (C=O) groups excluding carboxylic acids is 1. The van der Waals surface area contributed by atoms with Gasteiger partial charge in [0.05, 0.1) is 0 Å². The number of rotatable bonds is 5. The van der Waals surface area contributed by atoms with Gasteiger partial charge in [-0.25, -0.2) is 0 Å². The number of carbonyl (C=O) groups is 1. The summed E-state index contributed by atoms with van der Waals surface area (Å²) in [5.41, 5.74) is 5.73. The summed E-state index contributed by atoms with van der Waals surface area (Å²) >= 11 is 0. The molecule has 0 fully saturated rings. The molecule has 0 amide bonds. The highest BCUT2D eigenvalue weighted by Crippen LogP contribution is 2.05. The maximum Gasteiger partial charge on any atom is 0.134 e. The van der Waals surface area contributed by atoms with Crippen LogP contribution in [0.3, 0.4) is 0 Å². The Morgan fingerprint density at radius 3 is 2.36 bits per heavy atom. The van der Waals surface area contributed by atoms with E-state index in [4.69, 9.17) is 5.73 Å². The first-order valence-corrected chi connectivity index (χ1v) is 4.35. The summed E-state index contributed by atoms with van der Waals surface area (Å²) in [5, 5.41) is 0. The summed E-state index contributed by atoms with van der Waals surface area (Å²) < 4.78 is 0. The Bertz CT molecular complexity index is 121. The lowest BCUT2D eigenvalue weighted by molar-refractivity contribution is -0.119. The number of hydrogen-bond acceptors (Lipinski definition) is 2. The van der Waals surface area contributed by atoms with Crippen LogP contribution in [0.5, 0.6) is 0 Å². The number of hydrogen-bond donors (Lipinski definition) is 1. The van der Waals surface area contributed by atoms with Crippen molar-refractivity contribution in [1.29, 1.82) is 0 Å². The fraction of sp³-hybridized carbons (Fsp3) is 0.889. The lowest BCUT2D eigenvalue weighted by atomic mass is 9.98. The van der Waals surface area contributed by atoms with Gasteiger partial charge in [-0.15, -0.1) is 0 Å². The van der Waals surface area contributed by atoms with Crippen LogP contribution in [0.25, 0.3) is 0 Å². The molecule has 2 heteroatoms. The summed E-state index contributed by atoms with van der Waals surface area (Å²) in [6, 6.07) is 0.0500. The average Bonchev–Trinajstić information content (AvgIpc) is 1.87. The fourth-order valence-corrected chi connectivity index (χ4v) is 0.879. The predicted octanol–water partition coefficient (Wildman–Crippen LogP) is 1.73. The van der Waals surface area contributed by atoms with Crippen molar-refractivity contribution >= 4 is 5.78 Å². The Balaban J connectivity index is 3.57. The largest absolute Gasteiger partial charge is 0.327 e. The van der Waals surface area contributed by atoms with Crippen LogP contribution in [0.2, 0.25) is 0 Å². The van der Waals surface area contributed by atoms with Gasteiger partial charge in [0, 0.05) is 18.9 Å². The summed E-state index contributed by atoms with van der Waals surface area (Å²) in [7, 11) is 0. The van der Waals surface area contributed by atoms with Crippen LogP contribution in [0.1, 0.15) is 40.0 Å². The van der Waals surface area contributed by atoms with Crippen molar-refractivity contribution in [3.63, 3.8) is 0 Å². The number of Topliss-reactive ketones (excluding diaryl/α,β-unsaturated/α-hetero) is 1. The zero-order valence-corrected chi connectivity index (χ0v) is 7.76. The predicted molar refractivity (Wildman–Crippen MR) is 47.3 cm³/mol. The van der Waals surface area contributed by atoms with Gasteiger partial charge in [-0.1, -0.05) is 20.8 Å². The molecule has 0 saturated heterocycles. The molecule has 0 aromatic rings. The maximum atomic E-state index is 11.1.